The summed E-state index contributed by atoms with van der Waals surface area (Å²) in [5.74, 6) is 0.413. The molecule has 0 aromatic heterocycles. The quantitative estimate of drug-likeness (QED) is 0.563. The minimum absolute atomic E-state index is 0.0246. The molecule has 0 aliphatic carbocycles. The van der Waals surface area contributed by atoms with Gasteiger partial charge in [-0.3, -0.25) is 9.52 Å². The van der Waals surface area contributed by atoms with Crippen LogP contribution in [-0.4, -0.2) is 32.9 Å². The standard InChI is InChI=1S/C24H26N2O4S/c1-4-30-22-14-12-21(13-15-22)25-31(28,29)23-11-7-10-19(16-23)24(27)26(3)17-20-9-6-5-8-18(20)2/h5-16,25H,4,17H2,1-3H3. The maximum atomic E-state index is 12.9. The van der Waals surface area contributed by atoms with Crippen molar-refractivity contribution >= 4 is 21.6 Å². The minimum atomic E-state index is -3.85. The summed E-state index contributed by atoms with van der Waals surface area (Å²) in [6.07, 6.45) is 0. The Morgan fingerprint density at radius 2 is 1.71 bits per heavy atom. The van der Waals surface area contributed by atoms with Crippen molar-refractivity contribution in [3.8, 4) is 5.75 Å². The van der Waals surface area contributed by atoms with Crippen LogP contribution in [0.2, 0.25) is 0 Å². The van der Waals surface area contributed by atoms with Crippen LogP contribution >= 0.6 is 0 Å². The van der Waals surface area contributed by atoms with Gasteiger partial charge in [-0.15, -0.1) is 0 Å². The molecule has 0 atom stereocenters. The molecule has 0 aliphatic rings. The van der Waals surface area contributed by atoms with E-state index in [0.717, 1.165) is 11.1 Å². The first-order valence-electron chi connectivity index (χ1n) is 9.96. The molecule has 162 valence electrons. The molecule has 3 rings (SSSR count). The molecule has 0 saturated heterocycles. The van der Waals surface area contributed by atoms with Crippen molar-refractivity contribution in [2.45, 2.75) is 25.3 Å². The molecule has 31 heavy (non-hydrogen) atoms. The summed E-state index contributed by atoms with van der Waals surface area (Å²) >= 11 is 0. The first-order valence-corrected chi connectivity index (χ1v) is 11.4. The van der Waals surface area contributed by atoms with Crippen molar-refractivity contribution in [2.24, 2.45) is 0 Å². The van der Waals surface area contributed by atoms with Crippen molar-refractivity contribution in [3.63, 3.8) is 0 Å². The van der Waals surface area contributed by atoms with Crippen LogP contribution in [0.4, 0.5) is 5.69 Å². The normalized spacial score (nSPS) is 11.1. The average molecular weight is 439 g/mol. The first kappa shape index (κ1) is 22.4. The molecule has 0 saturated carbocycles. The molecule has 0 spiro atoms. The Bertz CT molecular complexity index is 1160. The summed E-state index contributed by atoms with van der Waals surface area (Å²) < 4.78 is 33.6. The van der Waals surface area contributed by atoms with Crippen molar-refractivity contribution in [1.82, 2.24) is 4.90 Å². The second kappa shape index (κ2) is 9.66. The maximum absolute atomic E-state index is 12.9. The van der Waals surface area contributed by atoms with Crippen LogP contribution in [0.1, 0.15) is 28.4 Å². The second-order valence-corrected chi connectivity index (χ2v) is 8.86. The zero-order valence-electron chi connectivity index (χ0n) is 17.8. The van der Waals surface area contributed by atoms with Crippen LogP contribution in [0.15, 0.2) is 77.7 Å². The Kier molecular flexibility index (Phi) is 6.97. The van der Waals surface area contributed by atoms with E-state index in [1.165, 1.54) is 12.1 Å². The molecule has 0 heterocycles. The fourth-order valence-electron chi connectivity index (χ4n) is 3.13. The zero-order valence-corrected chi connectivity index (χ0v) is 18.6. The minimum Gasteiger partial charge on any atom is -0.494 e. The van der Waals surface area contributed by atoms with Crippen LogP contribution in [0.3, 0.4) is 0 Å². The van der Waals surface area contributed by atoms with E-state index in [4.69, 9.17) is 4.74 Å². The van der Waals surface area contributed by atoms with E-state index in [1.54, 1.807) is 48.3 Å². The topological polar surface area (TPSA) is 75.7 Å². The summed E-state index contributed by atoms with van der Waals surface area (Å²) in [6, 6.07) is 20.6. The predicted octanol–water partition coefficient (Wildman–Crippen LogP) is 4.47. The van der Waals surface area contributed by atoms with Crippen LogP contribution in [-0.2, 0) is 16.6 Å². The van der Waals surface area contributed by atoms with Crippen molar-refractivity contribution < 1.29 is 17.9 Å². The van der Waals surface area contributed by atoms with E-state index in [-0.39, 0.29) is 10.8 Å². The number of sulfonamides is 1. The SMILES string of the molecule is CCOc1ccc(NS(=O)(=O)c2cccc(C(=O)N(C)Cc3ccccc3C)c2)cc1. The van der Waals surface area contributed by atoms with Gasteiger partial charge in [-0.25, -0.2) is 8.42 Å². The number of aryl methyl sites for hydroxylation is 1. The molecule has 1 N–H and O–H groups in total. The van der Waals surface area contributed by atoms with Gasteiger partial charge >= 0.3 is 0 Å². The van der Waals surface area contributed by atoms with E-state index in [9.17, 15) is 13.2 Å². The van der Waals surface area contributed by atoms with E-state index >= 15 is 0 Å². The van der Waals surface area contributed by atoms with Crippen LogP contribution in [0.5, 0.6) is 5.75 Å². The highest BCUT2D eigenvalue weighted by molar-refractivity contribution is 7.92. The van der Waals surface area contributed by atoms with Crippen molar-refractivity contribution in [1.29, 1.82) is 0 Å². The predicted molar refractivity (Wildman–Crippen MR) is 122 cm³/mol. The Morgan fingerprint density at radius 3 is 2.39 bits per heavy atom. The summed E-state index contributed by atoms with van der Waals surface area (Å²) in [4.78, 5) is 14.5. The zero-order chi connectivity index (χ0) is 22.4. The highest BCUT2D eigenvalue weighted by atomic mass is 32.2. The molecule has 6 nitrogen and oxygen atoms in total. The molecule has 3 aromatic rings. The Hall–Kier alpha value is -3.32. The molecule has 7 heteroatoms. The number of carbonyl (C=O) groups excluding carboxylic acids is 1. The number of hydrogen-bond acceptors (Lipinski definition) is 4. The third-order valence-corrected chi connectivity index (χ3v) is 6.20. The number of amides is 1. The average Bonchev–Trinajstić information content (AvgIpc) is 2.76. The number of anilines is 1. The van der Waals surface area contributed by atoms with Crippen molar-refractivity contribution in [3.05, 3.63) is 89.5 Å². The van der Waals surface area contributed by atoms with Crippen LogP contribution in [0.25, 0.3) is 0 Å². The van der Waals surface area contributed by atoms with Gasteiger partial charge < -0.3 is 9.64 Å². The number of nitrogens with one attached hydrogen (secondary N) is 1. The lowest BCUT2D eigenvalue weighted by Gasteiger charge is -2.19. The number of ether oxygens (including phenoxy) is 1. The fraction of sp³-hybridized carbons (Fsp3) is 0.208. The molecule has 3 aromatic carbocycles. The van der Waals surface area contributed by atoms with Gasteiger partial charge in [0.1, 0.15) is 5.75 Å². The Morgan fingerprint density at radius 1 is 1.00 bits per heavy atom. The Labute approximate surface area is 183 Å². The van der Waals surface area contributed by atoms with Gasteiger partial charge in [-0.2, -0.15) is 0 Å². The molecule has 0 radical (unpaired) electrons. The summed E-state index contributed by atoms with van der Waals surface area (Å²) in [7, 11) is -2.14. The second-order valence-electron chi connectivity index (χ2n) is 7.18. The smallest absolute Gasteiger partial charge is 0.261 e. The van der Waals surface area contributed by atoms with E-state index in [2.05, 4.69) is 4.72 Å². The number of carbonyl (C=O) groups is 1. The molecule has 0 bridgehead atoms. The molecular weight excluding hydrogens is 412 g/mol. The number of hydrogen-bond donors (Lipinski definition) is 1. The lowest BCUT2D eigenvalue weighted by atomic mass is 10.1. The summed E-state index contributed by atoms with van der Waals surface area (Å²) in [5.41, 5.74) is 2.86. The first-order chi connectivity index (χ1) is 14.8. The van der Waals surface area contributed by atoms with E-state index in [0.29, 0.717) is 30.2 Å². The van der Waals surface area contributed by atoms with Gasteiger partial charge in [-0.1, -0.05) is 30.3 Å². The lowest BCUT2D eigenvalue weighted by molar-refractivity contribution is 0.0784. The van der Waals surface area contributed by atoms with Gasteiger partial charge in [0.15, 0.2) is 0 Å². The molecule has 0 fully saturated rings. The van der Waals surface area contributed by atoms with Gasteiger partial charge in [-0.05, 0) is 67.4 Å². The van der Waals surface area contributed by atoms with Gasteiger partial charge in [0.05, 0.1) is 11.5 Å². The third-order valence-electron chi connectivity index (χ3n) is 4.82. The third kappa shape index (κ3) is 5.64. The fourth-order valence-corrected chi connectivity index (χ4v) is 4.24. The summed E-state index contributed by atoms with van der Waals surface area (Å²) in [6.45, 7) is 4.84. The largest absolute Gasteiger partial charge is 0.494 e. The monoisotopic (exact) mass is 438 g/mol. The van der Waals surface area contributed by atoms with Crippen LogP contribution in [0, 0.1) is 6.92 Å². The van der Waals surface area contributed by atoms with Crippen molar-refractivity contribution in [2.75, 3.05) is 18.4 Å². The maximum Gasteiger partial charge on any atom is 0.261 e. The highest BCUT2D eigenvalue weighted by Crippen LogP contribution is 2.21. The number of rotatable bonds is 8. The number of nitrogens with zero attached hydrogens (tertiary/aromatic N) is 1. The van der Waals surface area contributed by atoms with E-state index < -0.39 is 10.0 Å². The number of benzene rings is 3. The Balaban J connectivity index is 1.76. The van der Waals surface area contributed by atoms with Gasteiger partial charge in [0.2, 0.25) is 0 Å². The summed E-state index contributed by atoms with van der Waals surface area (Å²) in [5, 5.41) is 0. The van der Waals surface area contributed by atoms with E-state index in [1.807, 2.05) is 38.1 Å². The van der Waals surface area contributed by atoms with Crippen LogP contribution < -0.4 is 9.46 Å². The molecular formula is C24H26N2O4S. The molecule has 0 unspecified atom stereocenters. The molecule has 0 aliphatic heterocycles. The van der Waals surface area contributed by atoms with Gasteiger partial charge in [0.25, 0.3) is 15.9 Å². The highest BCUT2D eigenvalue weighted by Gasteiger charge is 2.19. The molecule has 1 amide bonds. The lowest BCUT2D eigenvalue weighted by Crippen LogP contribution is -2.26. The van der Waals surface area contributed by atoms with Gasteiger partial charge in [0, 0.05) is 24.8 Å².